The predicted molar refractivity (Wildman–Crippen MR) is 61.7 cm³/mol. The highest BCUT2D eigenvalue weighted by atomic mass is 16.5. The summed E-state index contributed by atoms with van der Waals surface area (Å²) in [6, 6.07) is 1.31. The minimum absolute atomic E-state index is 0.170. The first-order valence-corrected chi connectivity index (χ1v) is 5.49. The van der Waals surface area contributed by atoms with Crippen molar-refractivity contribution in [3.63, 3.8) is 0 Å². The number of hydrogen-bond donors (Lipinski definition) is 2. The fourth-order valence-corrected chi connectivity index (χ4v) is 1.70. The Kier molecular flexibility index (Phi) is 2.43. The molecule has 0 spiro atoms. The number of nitrogens with one attached hydrogen (secondary N) is 1. The quantitative estimate of drug-likeness (QED) is 0.772. The molecule has 1 atom stereocenters. The van der Waals surface area contributed by atoms with Crippen LogP contribution >= 0.6 is 0 Å². The van der Waals surface area contributed by atoms with E-state index >= 15 is 0 Å². The van der Waals surface area contributed by atoms with Crippen molar-refractivity contribution in [3.05, 3.63) is 11.8 Å². The summed E-state index contributed by atoms with van der Waals surface area (Å²) < 4.78 is 5.20. The van der Waals surface area contributed by atoms with Crippen LogP contribution in [0.2, 0.25) is 0 Å². The Morgan fingerprint density at radius 3 is 2.65 bits per heavy atom. The van der Waals surface area contributed by atoms with Gasteiger partial charge in [0, 0.05) is 11.5 Å². The summed E-state index contributed by atoms with van der Waals surface area (Å²) in [4.78, 5) is 12.8. The molecule has 0 radical (unpaired) electrons. The van der Waals surface area contributed by atoms with Crippen molar-refractivity contribution in [2.75, 3.05) is 11.4 Å². The summed E-state index contributed by atoms with van der Waals surface area (Å²) in [5.41, 5.74) is -1.46. The fraction of sp³-hybridized carbons (Fsp3) is 0.636. The van der Waals surface area contributed by atoms with Gasteiger partial charge in [-0.15, -0.1) is 0 Å². The minimum atomic E-state index is -1.27. The second kappa shape index (κ2) is 3.46. The first kappa shape index (κ1) is 11.9. The zero-order chi connectivity index (χ0) is 12.8. The molecule has 1 aromatic heterocycles. The molecular weight excluding hydrogens is 222 g/mol. The van der Waals surface area contributed by atoms with Crippen molar-refractivity contribution in [2.24, 2.45) is 0 Å². The Balaban J connectivity index is 2.35. The SMILES string of the molecule is CC(C)(C)c1cc(N2C(=O)NCC2(C)O)no1. The van der Waals surface area contributed by atoms with E-state index < -0.39 is 5.72 Å². The molecule has 1 saturated heterocycles. The lowest BCUT2D eigenvalue weighted by Gasteiger charge is -2.25. The van der Waals surface area contributed by atoms with E-state index in [2.05, 4.69) is 10.5 Å². The van der Waals surface area contributed by atoms with E-state index in [1.54, 1.807) is 13.0 Å². The second-order valence-electron chi connectivity index (χ2n) is 5.51. The molecule has 2 amide bonds. The van der Waals surface area contributed by atoms with E-state index in [4.69, 9.17) is 4.52 Å². The molecule has 94 valence electrons. The molecule has 2 heterocycles. The summed E-state index contributed by atoms with van der Waals surface area (Å²) in [6.45, 7) is 7.68. The highest BCUT2D eigenvalue weighted by Crippen LogP contribution is 2.30. The first-order valence-electron chi connectivity index (χ1n) is 5.49. The molecule has 1 aliphatic rings. The van der Waals surface area contributed by atoms with Gasteiger partial charge in [0.25, 0.3) is 0 Å². The maximum atomic E-state index is 11.6. The van der Waals surface area contributed by atoms with E-state index in [1.165, 1.54) is 4.90 Å². The average Bonchev–Trinajstić information content (AvgIpc) is 2.70. The molecule has 17 heavy (non-hydrogen) atoms. The maximum Gasteiger partial charge on any atom is 0.325 e. The number of carbonyl (C=O) groups is 1. The van der Waals surface area contributed by atoms with Gasteiger partial charge in [0.1, 0.15) is 5.76 Å². The van der Waals surface area contributed by atoms with E-state index in [0.717, 1.165) is 0 Å². The van der Waals surface area contributed by atoms with Gasteiger partial charge in [0.05, 0.1) is 6.54 Å². The van der Waals surface area contributed by atoms with Crippen LogP contribution in [0.3, 0.4) is 0 Å². The lowest BCUT2D eigenvalue weighted by atomic mass is 9.93. The molecule has 6 nitrogen and oxygen atoms in total. The highest BCUT2D eigenvalue weighted by Gasteiger charge is 2.42. The number of β-amino-alcohol motifs (C(OH)–C–C–N with tert-alkyl or cyclic N) is 1. The zero-order valence-corrected chi connectivity index (χ0v) is 10.4. The third kappa shape index (κ3) is 2.00. The number of amides is 2. The molecule has 1 aromatic rings. The van der Waals surface area contributed by atoms with Gasteiger partial charge in [0.2, 0.25) is 0 Å². The third-order valence-electron chi connectivity index (χ3n) is 2.73. The number of rotatable bonds is 1. The van der Waals surface area contributed by atoms with Gasteiger partial charge in [-0.3, -0.25) is 0 Å². The van der Waals surface area contributed by atoms with Crippen molar-refractivity contribution in [3.8, 4) is 0 Å². The number of carbonyl (C=O) groups excluding carboxylic acids is 1. The molecule has 6 heteroatoms. The third-order valence-corrected chi connectivity index (χ3v) is 2.73. The summed E-state index contributed by atoms with van der Waals surface area (Å²) in [5, 5.41) is 16.5. The van der Waals surface area contributed by atoms with Crippen LogP contribution in [0.25, 0.3) is 0 Å². The second-order valence-corrected chi connectivity index (χ2v) is 5.51. The van der Waals surface area contributed by atoms with Crippen molar-refractivity contribution < 1.29 is 14.4 Å². The van der Waals surface area contributed by atoms with Crippen molar-refractivity contribution in [2.45, 2.75) is 38.8 Å². The normalized spacial score (nSPS) is 25.2. The molecule has 1 fully saturated rings. The van der Waals surface area contributed by atoms with Crippen LogP contribution < -0.4 is 10.2 Å². The maximum absolute atomic E-state index is 11.6. The summed E-state index contributed by atoms with van der Waals surface area (Å²) in [5.74, 6) is 0.998. The summed E-state index contributed by atoms with van der Waals surface area (Å²) >= 11 is 0. The molecule has 0 aromatic carbocycles. The lowest BCUT2D eigenvalue weighted by Crippen LogP contribution is -2.44. The molecule has 2 rings (SSSR count). The monoisotopic (exact) mass is 239 g/mol. The van der Waals surface area contributed by atoms with Crippen molar-refractivity contribution >= 4 is 11.8 Å². The molecule has 2 N–H and O–H groups in total. The van der Waals surface area contributed by atoms with Crippen LogP contribution in [0.4, 0.5) is 10.6 Å². The van der Waals surface area contributed by atoms with Crippen LogP contribution in [0.1, 0.15) is 33.5 Å². The van der Waals surface area contributed by atoms with Gasteiger partial charge in [-0.1, -0.05) is 25.9 Å². The number of aliphatic hydroxyl groups is 1. The van der Waals surface area contributed by atoms with Gasteiger partial charge < -0.3 is 14.9 Å². The van der Waals surface area contributed by atoms with E-state index in [9.17, 15) is 9.90 Å². The van der Waals surface area contributed by atoms with Crippen molar-refractivity contribution in [1.29, 1.82) is 0 Å². The van der Waals surface area contributed by atoms with Gasteiger partial charge in [-0.25, -0.2) is 9.69 Å². The summed E-state index contributed by atoms with van der Waals surface area (Å²) in [7, 11) is 0. The Morgan fingerprint density at radius 2 is 2.24 bits per heavy atom. The Bertz CT molecular complexity index is 445. The number of aromatic nitrogens is 1. The smallest absolute Gasteiger partial charge is 0.325 e. The van der Waals surface area contributed by atoms with E-state index in [1.807, 2.05) is 20.8 Å². The molecular formula is C11H17N3O3. The van der Waals surface area contributed by atoms with Crippen LogP contribution in [0.5, 0.6) is 0 Å². The van der Waals surface area contributed by atoms with E-state index in [-0.39, 0.29) is 18.0 Å². The standard InChI is InChI=1S/C11H17N3O3/c1-10(2,3)7-5-8(13-17-7)14-9(15)12-6-11(14,4)16/h5,16H,6H2,1-4H3,(H,12,15). The largest absolute Gasteiger partial charge is 0.369 e. The van der Waals surface area contributed by atoms with Crippen LogP contribution in [0.15, 0.2) is 10.6 Å². The lowest BCUT2D eigenvalue weighted by molar-refractivity contribution is 0.0847. The fourth-order valence-electron chi connectivity index (χ4n) is 1.70. The van der Waals surface area contributed by atoms with Crippen molar-refractivity contribution in [1.82, 2.24) is 10.5 Å². The van der Waals surface area contributed by atoms with Crippen LogP contribution in [-0.2, 0) is 5.41 Å². The predicted octanol–water partition coefficient (Wildman–Crippen LogP) is 1.21. The number of anilines is 1. The number of hydrogen-bond acceptors (Lipinski definition) is 4. The molecule has 0 saturated carbocycles. The number of urea groups is 1. The Hall–Kier alpha value is -1.56. The Labute approximate surface area is 99.6 Å². The molecule has 0 bridgehead atoms. The minimum Gasteiger partial charge on any atom is -0.369 e. The van der Waals surface area contributed by atoms with Gasteiger partial charge in [-0.2, -0.15) is 0 Å². The topological polar surface area (TPSA) is 78.6 Å². The highest BCUT2D eigenvalue weighted by molar-refractivity contribution is 5.94. The van der Waals surface area contributed by atoms with Crippen LogP contribution in [-0.4, -0.2) is 28.6 Å². The molecule has 1 aliphatic heterocycles. The molecule has 1 unspecified atom stereocenters. The average molecular weight is 239 g/mol. The Morgan fingerprint density at radius 1 is 1.59 bits per heavy atom. The number of nitrogens with zero attached hydrogens (tertiary/aromatic N) is 2. The van der Waals surface area contributed by atoms with Crippen LogP contribution in [0, 0.1) is 0 Å². The van der Waals surface area contributed by atoms with Gasteiger partial charge >= 0.3 is 6.03 Å². The van der Waals surface area contributed by atoms with Gasteiger partial charge in [0.15, 0.2) is 11.5 Å². The molecule has 0 aliphatic carbocycles. The van der Waals surface area contributed by atoms with E-state index in [0.29, 0.717) is 11.6 Å². The summed E-state index contributed by atoms with van der Waals surface area (Å²) in [6.07, 6.45) is 0. The first-order chi connectivity index (χ1) is 7.72. The zero-order valence-electron chi connectivity index (χ0n) is 10.4. The van der Waals surface area contributed by atoms with Gasteiger partial charge in [-0.05, 0) is 6.92 Å².